The average molecular weight is 318 g/mol. The summed E-state index contributed by atoms with van der Waals surface area (Å²) < 4.78 is 11.6. The summed E-state index contributed by atoms with van der Waals surface area (Å²) in [5.74, 6) is 2.77. The number of rotatable bonds is 5. The van der Waals surface area contributed by atoms with Crippen LogP contribution in [-0.4, -0.2) is 67.0 Å². The van der Waals surface area contributed by atoms with Crippen LogP contribution in [0, 0.1) is 17.8 Å². The SMILES string of the molecule is c1cnc(NC[C@H]2OC[C@H]3CN(CC4CCOC4)CC[C@H]32)nc1. The number of anilines is 1. The second-order valence-electron chi connectivity index (χ2n) is 7.03. The number of nitrogens with one attached hydrogen (secondary N) is 1. The van der Waals surface area contributed by atoms with Gasteiger partial charge in [0.2, 0.25) is 5.95 Å². The molecule has 0 bridgehead atoms. The van der Waals surface area contributed by atoms with E-state index < -0.39 is 0 Å². The molecule has 3 saturated heterocycles. The predicted molar refractivity (Wildman–Crippen MR) is 87.2 cm³/mol. The van der Waals surface area contributed by atoms with E-state index in [0.717, 1.165) is 32.3 Å². The lowest BCUT2D eigenvalue weighted by molar-refractivity contribution is 0.0921. The van der Waals surface area contributed by atoms with Gasteiger partial charge in [-0.2, -0.15) is 0 Å². The molecule has 1 aromatic rings. The first-order chi connectivity index (χ1) is 11.4. The summed E-state index contributed by atoms with van der Waals surface area (Å²) in [5, 5.41) is 3.31. The first-order valence-electron chi connectivity index (χ1n) is 8.81. The molecule has 3 aliphatic rings. The van der Waals surface area contributed by atoms with E-state index in [1.807, 2.05) is 6.07 Å². The molecule has 3 aliphatic heterocycles. The van der Waals surface area contributed by atoms with Crippen molar-refractivity contribution in [3.63, 3.8) is 0 Å². The lowest BCUT2D eigenvalue weighted by Gasteiger charge is -2.36. The van der Waals surface area contributed by atoms with E-state index >= 15 is 0 Å². The highest BCUT2D eigenvalue weighted by Gasteiger charge is 2.41. The quantitative estimate of drug-likeness (QED) is 0.882. The minimum Gasteiger partial charge on any atom is -0.381 e. The molecule has 126 valence electrons. The van der Waals surface area contributed by atoms with E-state index in [0.29, 0.717) is 23.9 Å². The Hall–Kier alpha value is -1.24. The van der Waals surface area contributed by atoms with Gasteiger partial charge >= 0.3 is 0 Å². The summed E-state index contributed by atoms with van der Waals surface area (Å²) in [6.07, 6.45) is 6.28. The maximum atomic E-state index is 6.07. The lowest BCUT2D eigenvalue weighted by atomic mass is 9.84. The molecule has 4 heterocycles. The van der Waals surface area contributed by atoms with Crippen LogP contribution in [0.1, 0.15) is 12.8 Å². The van der Waals surface area contributed by atoms with Crippen molar-refractivity contribution in [2.45, 2.75) is 18.9 Å². The van der Waals surface area contributed by atoms with Crippen molar-refractivity contribution in [1.29, 1.82) is 0 Å². The Balaban J connectivity index is 1.26. The van der Waals surface area contributed by atoms with E-state index in [9.17, 15) is 0 Å². The average Bonchev–Trinajstić information content (AvgIpc) is 3.23. The van der Waals surface area contributed by atoms with Crippen molar-refractivity contribution < 1.29 is 9.47 Å². The first-order valence-corrected chi connectivity index (χ1v) is 8.81. The summed E-state index contributed by atoms with van der Waals surface area (Å²) in [6.45, 7) is 7.17. The Labute approximate surface area is 137 Å². The van der Waals surface area contributed by atoms with E-state index in [-0.39, 0.29) is 0 Å². The maximum absolute atomic E-state index is 6.07. The highest BCUT2D eigenvalue weighted by Crippen LogP contribution is 2.35. The maximum Gasteiger partial charge on any atom is 0.222 e. The van der Waals surface area contributed by atoms with Crippen molar-refractivity contribution >= 4 is 5.95 Å². The van der Waals surface area contributed by atoms with Gasteiger partial charge in [0.05, 0.1) is 19.3 Å². The van der Waals surface area contributed by atoms with Gasteiger partial charge in [-0.1, -0.05) is 0 Å². The van der Waals surface area contributed by atoms with E-state index in [1.54, 1.807) is 12.4 Å². The standard InChI is InChI=1S/C17H26N4O2/c1-4-18-17(19-5-1)20-8-16-15-2-6-21(10-14(15)12-23-16)9-13-3-7-22-11-13/h1,4-5,13-16H,2-3,6-12H2,(H,18,19,20)/t13?,14-,15-,16-/m1/s1. The van der Waals surface area contributed by atoms with Crippen molar-refractivity contribution in [3.8, 4) is 0 Å². The van der Waals surface area contributed by atoms with Gasteiger partial charge in [0.25, 0.3) is 0 Å². The summed E-state index contributed by atoms with van der Waals surface area (Å²) in [6, 6.07) is 1.83. The normalized spacial score (nSPS) is 34.4. The number of ether oxygens (including phenoxy) is 2. The highest BCUT2D eigenvalue weighted by molar-refractivity contribution is 5.22. The molecule has 6 heteroatoms. The third-order valence-corrected chi connectivity index (χ3v) is 5.45. The smallest absolute Gasteiger partial charge is 0.222 e. The molecule has 1 unspecified atom stereocenters. The molecular weight excluding hydrogens is 292 g/mol. The number of hydrogen-bond acceptors (Lipinski definition) is 6. The summed E-state index contributed by atoms with van der Waals surface area (Å²) in [5.41, 5.74) is 0. The highest BCUT2D eigenvalue weighted by atomic mass is 16.5. The summed E-state index contributed by atoms with van der Waals surface area (Å²) >= 11 is 0. The second kappa shape index (κ2) is 7.11. The molecule has 23 heavy (non-hydrogen) atoms. The monoisotopic (exact) mass is 318 g/mol. The fourth-order valence-corrected chi connectivity index (χ4v) is 4.21. The van der Waals surface area contributed by atoms with E-state index in [4.69, 9.17) is 9.47 Å². The van der Waals surface area contributed by atoms with Crippen LogP contribution in [0.4, 0.5) is 5.95 Å². The van der Waals surface area contributed by atoms with Crippen molar-refractivity contribution in [1.82, 2.24) is 14.9 Å². The van der Waals surface area contributed by atoms with Gasteiger partial charge in [-0.25, -0.2) is 9.97 Å². The Bertz CT molecular complexity index is 495. The molecule has 0 amide bonds. The molecule has 0 aliphatic carbocycles. The Morgan fingerprint density at radius 1 is 1.22 bits per heavy atom. The lowest BCUT2D eigenvalue weighted by Crippen LogP contribution is -2.44. The van der Waals surface area contributed by atoms with Crippen LogP contribution in [0.25, 0.3) is 0 Å². The molecule has 0 spiro atoms. The van der Waals surface area contributed by atoms with Gasteiger partial charge < -0.3 is 19.7 Å². The topological polar surface area (TPSA) is 59.5 Å². The molecule has 6 nitrogen and oxygen atoms in total. The number of nitrogens with zero attached hydrogens (tertiary/aromatic N) is 3. The van der Waals surface area contributed by atoms with Crippen LogP contribution in [-0.2, 0) is 9.47 Å². The van der Waals surface area contributed by atoms with Crippen LogP contribution in [0.2, 0.25) is 0 Å². The molecule has 3 fully saturated rings. The largest absolute Gasteiger partial charge is 0.381 e. The van der Waals surface area contributed by atoms with Crippen LogP contribution >= 0.6 is 0 Å². The zero-order valence-electron chi connectivity index (χ0n) is 13.6. The number of fused-ring (bicyclic) bond motifs is 1. The van der Waals surface area contributed by atoms with Gasteiger partial charge in [0, 0.05) is 44.6 Å². The van der Waals surface area contributed by atoms with Crippen molar-refractivity contribution in [2.24, 2.45) is 17.8 Å². The third-order valence-electron chi connectivity index (χ3n) is 5.45. The fourth-order valence-electron chi connectivity index (χ4n) is 4.21. The van der Waals surface area contributed by atoms with Crippen LogP contribution in [0.5, 0.6) is 0 Å². The number of likely N-dealkylation sites (tertiary alicyclic amines) is 1. The summed E-state index contributed by atoms with van der Waals surface area (Å²) in [4.78, 5) is 11.1. The molecule has 0 radical (unpaired) electrons. The predicted octanol–water partition coefficient (Wildman–Crippen LogP) is 1.26. The molecule has 1 N–H and O–H groups in total. The van der Waals surface area contributed by atoms with Crippen molar-refractivity contribution in [3.05, 3.63) is 18.5 Å². The van der Waals surface area contributed by atoms with Gasteiger partial charge in [-0.05, 0) is 37.3 Å². The van der Waals surface area contributed by atoms with Gasteiger partial charge in [-0.3, -0.25) is 0 Å². The molecule has 4 rings (SSSR count). The minimum absolute atomic E-state index is 0.292. The van der Waals surface area contributed by atoms with Crippen LogP contribution in [0.3, 0.4) is 0 Å². The van der Waals surface area contributed by atoms with Gasteiger partial charge in [0.1, 0.15) is 0 Å². The van der Waals surface area contributed by atoms with Crippen molar-refractivity contribution in [2.75, 3.05) is 51.3 Å². The molecule has 0 aromatic carbocycles. The molecular formula is C17H26N4O2. The van der Waals surface area contributed by atoms with Crippen LogP contribution < -0.4 is 5.32 Å². The fraction of sp³-hybridized carbons (Fsp3) is 0.765. The minimum atomic E-state index is 0.292. The summed E-state index contributed by atoms with van der Waals surface area (Å²) in [7, 11) is 0. The number of aromatic nitrogens is 2. The van der Waals surface area contributed by atoms with Gasteiger partial charge in [0.15, 0.2) is 0 Å². The third kappa shape index (κ3) is 3.65. The number of piperidine rings is 1. The number of hydrogen-bond donors (Lipinski definition) is 1. The van der Waals surface area contributed by atoms with E-state index in [2.05, 4.69) is 20.2 Å². The van der Waals surface area contributed by atoms with E-state index in [1.165, 1.54) is 32.5 Å². The molecule has 1 aromatic heterocycles. The molecule has 4 atom stereocenters. The first kappa shape index (κ1) is 15.3. The second-order valence-corrected chi connectivity index (χ2v) is 7.03. The van der Waals surface area contributed by atoms with Gasteiger partial charge in [-0.15, -0.1) is 0 Å². The Kier molecular flexibility index (Phi) is 4.73. The molecule has 0 saturated carbocycles. The zero-order valence-corrected chi connectivity index (χ0v) is 13.6. The Morgan fingerprint density at radius 3 is 2.96 bits per heavy atom. The Morgan fingerprint density at radius 2 is 2.13 bits per heavy atom. The van der Waals surface area contributed by atoms with Crippen LogP contribution in [0.15, 0.2) is 18.5 Å². The zero-order chi connectivity index (χ0) is 15.5.